The zero-order valence-electron chi connectivity index (χ0n) is 11.3. The molecule has 3 nitrogen and oxygen atoms in total. The van der Waals surface area contributed by atoms with Crippen LogP contribution in [-0.2, 0) is 6.54 Å². The van der Waals surface area contributed by atoms with Crippen LogP contribution in [0.1, 0.15) is 25.8 Å². The lowest BCUT2D eigenvalue weighted by molar-refractivity contribution is 0.198. The Bertz CT molecular complexity index is 428. The molecule has 1 fully saturated rings. The summed E-state index contributed by atoms with van der Waals surface area (Å²) in [4.78, 5) is 1.56. The van der Waals surface area contributed by atoms with Crippen LogP contribution in [0.25, 0.3) is 0 Å². The molecule has 1 aliphatic rings. The zero-order chi connectivity index (χ0) is 14.0. The standard InChI is InChI=1S/C14H20F2N2O/c1-9(2)17-7-10-5-12(15)14(13(16)6-10)18-4-3-11(19)8-18/h5-6,9,11,17,19H,3-4,7-8H2,1-2H3. The summed E-state index contributed by atoms with van der Waals surface area (Å²) >= 11 is 0. The molecule has 0 saturated carbocycles. The van der Waals surface area contributed by atoms with E-state index in [1.54, 1.807) is 4.90 Å². The molecule has 1 heterocycles. The van der Waals surface area contributed by atoms with Gasteiger partial charge in [0.05, 0.1) is 6.10 Å². The number of β-amino-alcohol motifs (C(OH)–C–C–N with tert-alkyl or cyclic N) is 1. The predicted molar refractivity (Wildman–Crippen MR) is 71.2 cm³/mol. The zero-order valence-corrected chi connectivity index (χ0v) is 11.3. The smallest absolute Gasteiger partial charge is 0.149 e. The summed E-state index contributed by atoms with van der Waals surface area (Å²) in [5.74, 6) is -1.12. The molecule has 19 heavy (non-hydrogen) atoms. The van der Waals surface area contributed by atoms with Crippen molar-refractivity contribution in [3.05, 3.63) is 29.3 Å². The van der Waals surface area contributed by atoms with E-state index in [1.165, 1.54) is 12.1 Å². The molecule has 0 bridgehead atoms. The number of aliphatic hydroxyl groups excluding tert-OH is 1. The number of hydrogen-bond acceptors (Lipinski definition) is 3. The van der Waals surface area contributed by atoms with Crippen LogP contribution >= 0.6 is 0 Å². The quantitative estimate of drug-likeness (QED) is 0.879. The second kappa shape index (κ2) is 5.84. The number of benzene rings is 1. The van der Waals surface area contributed by atoms with E-state index in [4.69, 9.17) is 0 Å². The van der Waals surface area contributed by atoms with E-state index in [-0.39, 0.29) is 18.3 Å². The van der Waals surface area contributed by atoms with E-state index >= 15 is 0 Å². The van der Waals surface area contributed by atoms with Gasteiger partial charge in [-0.3, -0.25) is 0 Å². The Morgan fingerprint density at radius 1 is 1.37 bits per heavy atom. The van der Waals surface area contributed by atoms with Crippen LogP contribution in [0.3, 0.4) is 0 Å². The maximum absolute atomic E-state index is 14.0. The van der Waals surface area contributed by atoms with Gasteiger partial charge in [0.2, 0.25) is 0 Å². The van der Waals surface area contributed by atoms with Gasteiger partial charge in [0.15, 0.2) is 0 Å². The summed E-state index contributed by atoms with van der Waals surface area (Å²) in [5, 5.41) is 12.6. The molecule has 1 aromatic carbocycles. The van der Waals surface area contributed by atoms with Gasteiger partial charge in [0.1, 0.15) is 17.3 Å². The Labute approximate surface area is 112 Å². The molecule has 0 radical (unpaired) electrons. The first-order valence-corrected chi connectivity index (χ1v) is 6.61. The number of nitrogens with zero attached hydrogens (tertiary/aromatic N) is 1. The summed E-state index contributed by atoms with van der Waals surface area (Å²) in [6, 6.07) is 2.98. The Morgan fingerprint density at radius 2 is 2.00 bits per heavy atom. The molecule has 0 spiro atoms. The second-order valence-electron chi connectivity index (χ2n) is 5.33. The summed E-state index contributed by atoms with van der Waals surface area (Å²) in [5.41, 5.74) is 0.567. The predicted octanol–water partition coefficient (Wildman–Crippen LogP) is 2.03. The molecule has 0 aromatic heterocycles. The minimum atomic E-state index is -0.561. The Balaban J connectivity index is 2.17. The van der Waals surface area contributed by atoms with E-state index < -0.39 is 17.7 Å². The lowest BCUT2D eigenvalue weighted by Gasteiger charge is -2.20. The number of rotatable bonds is 4. The first-order chi connectivity index (χ1) is 8.97. The third-order valence-corrected chi connectivity index (χ3v) is 3.27. The fourth-order valence-electron chi connectivity index (χ4n) is 2.29. The van der Waals surface area contributed by atoms with E-state index in [0.29, 0.717) is 25.1 Å². The van der Waals surface area contributed by atoms with Gasteiger partial charge in [0.25, 0.3) is 0 Å². The van der Waals surface area contributed by atoms with Gasteiger partial charge in [0, 0.05) is 25.7 Å². The minimum absolute atomic E-state index is 0.0233. The van der Waals surface area contributed by atoms with Crippen LogP contribution < -0.4 is 10.2 Å². The molecular weight excluding hydrogens is 250 g/mol. The average molecular weight is 270 g/mol. The van der Waals surface area contributed by atoms with Crippen LogP contribution in [0.15, 0.2) is 12.1 Å². The Hall–Kier alpha value is -1.20. The van der Waals surface area contributed by atoms with Gasteiger partial charge in [-0.2, -0.15) is 0 Å². The molecule has 1 unspecified atom stereocenters. The van der Waals surface area contributed by atoms with E-state index in [1.807, 2.05) is 13.8 Å². The van der Waals surface area contributed by atoms with Crippen molar-refractivity contribution in [1.82, 2.24) is 5.32 Å². The van der Waals surface area contributed by atoms with Crippen molar-refractivity contribution in [2.45, 2.75) is 39.0 Å². The van der Waals surface area contributed by atoms with E-state index in [0.717, 1.165) is 0 Å². The number of aliphatic hydroxyl groups is 1. The normalized spacial score (nSPS) is 19.5. The molecule has 1 atom stereocenters. The molecule has 106 valence electrons. The monoisotopic (exact) mass is 270 g/mol. The van der Waals surface area contributed by atoms with Crippen LogP contribution in [0, 0.1) is 11.6 Å². The SMILES string of the molecule is CC(C)NCc1cc(F)c(N2CCC(O)C2)c(F)c1. The van der Waals surface area contributed by atoms with Crippen molar-refractivity contribution in [2.24, 2.45) is 0 Å². The fourth-order valence-corrected chi connectivity index (χ4v) is 2.29. The third-order valence-electron chi connectivity index (χ3n) is 3.27. The van der Waals surface area contributed by atoms with Crippen LogP contribution in [-0.4, -0.2) is 30.3 Å². The van der Waals surface area contributed by atoms with E-state index in [2.05, 4.69) is 5.32 Å². The summed E-state index contributed by atoms with van der Waals surface area (Å²) in [6.45, 7) is 5.17. The highest BCUT2D eigenvalue weighted by atomic mass is 19.1. The first-order valence-electron chi connectivity index (χ1n) is 6.61. The molecule has 2 rings (SSSR count). The van der Waals surface area contributed by atoms with Crippen molar-refractivity contribution >= 4 is 5.69 Å². The van der Waals surface area contributed by atoms with Crippen LogP contribution in [0.5, 0.6) is 0 Å². The summed E-state index contributed by atoms with van der Waals surface area (Å²) < 4.78 is 28.0. The number of nitrogens with one attached hydrogen (secondary N) is 1. The lowest BCUT2D eigenvalue weighted by atomic mass is 10.1. The van der Waals surface area contributed by atoms with Gasteiger partial charge < -0.3 is 15.3 Å². The van der Waals surface area contributed by atoms with Crippen molar-refractivity contribution in [3.63, 3.8) is 0 Å². The number of anilines is 1. The molecule has 1 aliphatic heterocycles. The molecular formula is C14H20F2N2O. The molecule has 0 aliphatic carbocycles. The third kappa shape index (κ3) is 3.42. The highest BCUT2D eigenvalue weighted by Gasteiger charge is 2.25. The summed E-state index contributed by atoms with van der Waals surface area (Å²) in [7, 11) is 0. The minimum Gasteiger partial charge on any atom is -0.391 e. The van der Waals surface area contributed by atoms with Gasteiger partial charge in [-0.1, -0.05) is 13.8 Å². The fraction of sp³-hybridized carbons (Fsp3) is 0.571. The molecule has 2 N–H and O–H groups in total. The molecule has 1 saturated heterocycles. The molecule has 5 heteroatoms. The molecule has 0 amide bonds. The first kappa shape index (κ1) is 14.2. The van der Waals surface area contributed by atoms with Gasteiger partial charge in [-0.15, -0.1) is 0 Å². The second-order valence-corrected chi connectivity index (χ2v) is 5.33. The van der Waals surface area contributed by atoms with Crippen LogP contribution in [0.4, 0.5) is 14.5 Å². The number of halogens is 2. The number of hydrogen-bond donors (Lipinski definition) is 2. The van der Waals surface area contributed by atoms with E-state index in [9.17, 15) is 13.9 Å². The van der Waals surface area contributed by atoms with Crippen molar-refractivity contribution in [2.75, 3.05) is 18.0 Å². The van der Waals surface area contributed by atoms with Crippen molar-refractivity contribution in [1.29, 1.82) is 0 Å². The Kier molecular flexibility index (Phi) is 4.37. The topological polar surface area (TPSA) is 35.5 Å². The maximum atomic E-state index is 14.0. The largest absolute Gasteiger partial charge is 0.391 e. The van der Waals surface area contributed by atoms with Gasteiger partial charge in [-0.05, 0) is 24.1 Å². The highest BCUT2D eigenvalue weighted by Crippen LogP contribution is 2.28. The molecule has 1 aromatic rings. The van der Waals surface area contributed by atoms with Gasteiger partial charge in [-0.25, -0.2) is 8.78 Å². The Morgan fingerprint density at radius 3 is 2.47 bits per heavy atom. The lowest BCUT2D eigenvalue weighted by Crippen LogP contribution is -2.25. The van der Waals surface area contributed by atoms with Crippen molar-refractivity contribution < 1.29 is 13.9 Å². The maximum Gasteiger partial charge on any atom is 0.149 e. The highest BCUT2D eigenvalue weighted by molar-refractivity contribution is 5.51. The summed E-state index contributed by atoms with van der Waals surface area (Å²) in [6.07, 6.45) is 0.0521. The van der Waals surface area contributed by atoms with Crippen LogP contribution in [0.2, 0.25) is 0 Å². The average Bonchev–Trinajstić information content (AvgIpc) is 2.72. The van der Waals surface area contributed by atoms with Gasteiger partial charge >= 0.3 is 0 Å². The van der Waals surface area contributed by atoms with Crippen molar-refractivity contribution in [3.8, 4) is 0 Å².